The average Bonchev–Trinajstić information content (AvgIpc) is 3.87. The van der Waals surface area contributed by atoms with E-state index in [1.807, 2.05) is 81.4 Å². The van der Waals surface area contributed by atoms with Gasteiger partial charge in [0, 0.05) is 39.3 Å². The Hall–Kier alpha value is -6.48. The smallest absolute Gasteiger partial charge is 0.410 e. The molecule has 7 rings (SSSR count). The molecule has 2 aromatic carbocycles. The van der Waals surface area contributed by atoms with Gasteiger partial charge in [0.2, 0.25) is 0 Å². The molecule has 73 heavy (non-hydrogen) atoms. The average molecular weight is 1020 g/mol. The van der Waals surface area contributed by atoms with Gasteiger partial charge < -0.3 is 53.3 Å². The van der Waals surface area contributed by atoms with Crippen molar-refractivity contribution in [2.75, 3.05) is 45.9 Å². The normalized spacial score (nSPS) is 19.3. The topological polar surface area (TPSA) is 240 Å². The molecule has 2 atom stereocenters. The van der Waals surface area contributed by atoms with Gasteiger partial charge in [0.05, 0.1) is 24.3 Å². The number of ether oxygens (including phenoxy) is 6. The highest BCUT2D eigenvalue weighted by molar-refractivity contribution is 5.89. The van der Waals surface area contributed by atoms with E-state index < -0.39 is 29.3 Å². The summed E-state index contributed by atoms with van der Waals surface area (Å²) in [5.74, 6) is 0.216. The van der Waals surface area contributed by atoms with Crippen molar-refractivity contribution < 1.29 is 61.8 Å². The van der Waals surface area contributed by atoms with Gasteiger partial charge in [-0.3, -0.25) is 9.80 Å². The number of rotatable bonds is 13. The summed E-state index contributed by atoms with van der Waals surface area (Å²) in [6, 6.07) is 18.4. The van der Waals surface area contributed by atoms with Crippen LogP contribution in [0, 0.1) is 0 Å². The number of nitrogens with zero attached hydrogens (tertiary/aromatic N) is 7. The number of carbonyl (C=O) groups excluding carboxylic acids is 5. The molecule has 0 aliphatic carbocycles. The number of amides is 4. The van der Waals surface area contributed by atoms with E-state index >= 15 is 0 Å². The molecule has 4 fully saturated rings. The molecule has 1 aromatic heterocycles. The zero-order chi connectivity index (χ0) is 52.4. The number of likely N-dealkylation sites (tertiary alicyclic amines) is 4. The van der Waals surface area contributed by atoms with E-state index in [-0.39, 0.29) is 68.8 Å². The molecule has 4 amide bonds. The van der Waals surface area contributed by atoms with Crippen LogP contribution in [0.25, 0.3) is 0 Å². The van der Waals surface area contributed by atoms with Crippen LogP contribution >= 0.6 is 0 Å². The van der Waals surface area contributed by atoms with E-state index in [2.05, 4.69) is 15.3 Å². The van der Waals surface area contributed by atoms with Crippen LogP contribution in [0.3, 0.4) is 0 Å². The minimum absolute atomic E-state index is 0.00790. The lowest BCUT2D eigenvalue weighted by molar-refractivity contribution is -0.152. The van der Waals surface area contributed by atoms with Gasteiger partial charge in [0.15, 0.2) is 11.7 Å². The Morgan fingerprint density at radius 1 is 0.616 bits per heavy atom. The third-order valence-electron chi connectivity index (χ3n) is 12.3. The van der Waals surface area contributed by atoms with Gasteiger partial charge in [-0.15, -0.1) is 0 Å². The summed E-state index contributed by atoms with van der Waals surface area (Å²) >= 11 is 0. The molecule has 4 saturated heterocycles. The van der Waals surface area contributed by atoms with Gasteiger partial charge in [-0.2, -0.15) is 4.98 Å². The summed E-state index contributed by atoms with van der Waals surface area (Å²) in [5, 5.41) is 7.90. The second-order valence-corrected chi connectivity index (χ2v) is 20.5. The van der Waals surface area contributed by atoms with Crippen molar-refractivity contribution >= 4 is 36.2 Å². The highest BCUT2D eigenvalue weighted by Gasteiger charge is 2.36. The fourth-order valence-electron chi connectivity index (χ4n) is 8.58. The van der Waals surface area contributed by atoms with E-state index in [1.54, 1.807) is 35.5 Å². The maximum atomic E-state index is 12.7. The number of carbonyl (C=O) groups is 5. The summed E-state index contributed by atoms with van der Waals surface area (Å²) in [7, 11) is 0. The predicted molar refractivity (Wildman–Crippen MR) is 265 cm³/mol. The van der Waals surface area contributed by atoms with Crippen LogP contribution in [0.15, 0.2) is 70.3 Å². The van der Waals surface area contributed by atoms with Crippen LogP contribution in [-0.2, 0) is 57.9 Å². The monoisotopic (exact) mass is 1020 g/mol. The zero-order valence-corrected chi connectivity index (χ0v) is 43.2. The second-order valence-electron chi connectivity index (χ2n) is 20.5. The first-order chi connectivity index (χ1) is 34.9. The van der Waals surface area contributed by atoms with Crippen LogP contribution in [0.1, 0.15) is 135 Å². The molecule has 0 radical (unpaired) electrons. The third kappa shape index (κ3) is 18.5. The van der Waals surface area contributed by atoms with Crippen molar-refractivity contribution in [3.05, 3.63) is 83.5 Å². The Kier molecular flexibility index (Phi) is 20.6. The van der Waals surface area contributed by atoms with E-state index in [1.165, 1.54) is 4.90 Å². The number of piperidine rings is 4. The van der Waals surface area contributed by atoms with Crippen LogP contribution in [0.5, 0.6) is 0 Å². The fraction of sp³-hybridized carbons (Fsp3) is 0.615. The summed E-state index contributed by atoms with van der Waals surface area (Å²) in [4.78, 5) is 78.0. The maximum Gasteiger partial charge on any atom is 0.410 e. The van der Waals surface area contributed by atoms with E-state index in [4.69, 9.17) is 43.5 Å². The highest BCUT2D eigenvalue weighted by atomic mass is 16.7. The second kappa shape index (κ2) is 27.0. The van der Waals surface area contributed by atoms with Gasteiger partial charge in [-0.1, -0.05) is 71.0 Å². The van der Waals surface area contributed by atoms with Crippen LogP contribution in [-0.4, -0.2) is 141 Å². The molecule has 0 unspecified atom stereocenters. The number of nitrogens with two attached hydrogens (primary N) is 1. The van der Waals surface area contributed by atoms with Crippen LogP contribution in [0.2, 0.25) is 0 Å². The standard InChI is InChI=1S/C26H38N4O7.C26H36N4O6/c1-26(2,3)36-25(33)30-14-8-7-11-21(30)23(27)28-37-22(31)18-34-20-12-15-29(16-13-20)24(32)35-17-19-9-5-4-6-10-19;1-26(2,3)35-25(32)30-14-8-7-11-21(30)23-27-22(36-28-23)18-33-20-12-15-29(16-13-20)24(31)34-17-19-9-5-4-6-10-19/h4-6,9-10,20-21H,7-8,11-18H2,1-3H3,(H2,27,28);4-6,9-10,20-21H,7-8,11-18H2,1-3H3/t2*21-/m00/s1. The summed E-state index contributed by atoms with van der Waals surface area (Å²) in [5.41, 5.74) is 6.76. The first-order valence-electron chi connectivity index (χ1n) is 25.4. The van der Waals surface area contributed by atoms with Gasteiger partial charge in [0.25, 0.3) is 5.89 Å². The number of aromatic nitrogens is 2. The molecule has 0 saturated carbocycles. The van der Waals surface area contributed by atoms with E-state index in [0.29, 0.717) is 83.1 Å². The molecule has 0 spiro atoms. The summed E-state index contributed by atoms with van der Waals surface area (Å²) in [6.07, 6.45) is 5.84. The molecule has 21 nitrogen and oxygen atoms in total. The minimum Gasteiger partial charge on any atom is -0.445 e. The molecule has 0 bridgehead atoms. The molecule has 400 valence electrons. The van der Waals surface area contributed by atoms with Crippen molar-refractivity contribution in [1.82, 2.24) is 29.7 Å². The summed E-state index contributed by atoms with van der Waals surface area (Å²) in [6.45, 7) is 14.5. The number of hydrogen-bond donors (Lipinski definition) is 1. The first kappa shape index (κ1) is 55.8. The van der Waals surface area contributed by atoms with Crippen molar-refractivity contribution in [2.45, 2.75) is 161 Å². The number of amidine groups is 1. The SMILES string of the molecule is CC(C)(C)OC(=O)N1CCCC[C@H]1/C(N)=N/OC(=O)COC1CCN(C(=O)OCc2ccccc2)CC1.CC(C)(C)OC(=O)N1CCCC[C@H]1c1noc(COC2CCN(C(=O)OCc3ccccc3)CC2)n1. The largest absolute Gasteiger partial charge is 0.445 e. The first-order valence-corrected chi connectivity index (χ1v) is 25.4. The van der Waals surface area contributed by atoms with Crippen molar-refractivity contribution in [3.63, 3.8) is 0 Å². The zero-order valence-electron chi connectivity index (χ0n) is 43.2. The van der Waals surface area contributed by atoms with Gasteiger partial charge in [-0.25, -0.2) is 24.0 Å². The minimum atomic E-state index is -0.688. The molecule has 21 heteroatoms. The van der Waals surface area contributed by atoms with Gasteiger partial charge >= 0.3 is 30.3 Å². The van der Waals surface area contributed by atoms with E-state index in [9.17, 15) is 24.0 Å². The lowest BCUT2D eigenvalue weighted by Gasteiger charge is -2.35. The molecule has 4 aliphatic heterocycles. The Morgan fingerprint density at radius 3 is 1.64 bits per heavy atom. The maximum absolute atomic E-state index is 12.7. The molecule has 5 heterocycles. The van der Waals surface area contributed by atoms with Gasteiger partial charge in [-0.05, 0) is 117 Å². The van der Waals surface area contributed by atoms with Gasteiger partial charge in [0.1, 0.15) is 37.6 Å². The Labute approximate surface area is 427 Å². The van der Waals surface area contributed by atoms with Crippen molar-refractivity contribution in [1.29, 1.82) is 0 Å². The lowest BCUT2D eigenvalue weighted by Crippen LogP contribution is -2.52. The molecular formula is C52H74N8O13. The van der Waals surface area contributed by atoms with E-state index in [0.717, 1.165) is 43.2 Å². The Morgan fingerprint density at radius 2 is 1.11 bits per heavy atom. The fourth-order valence-corrected chi connectivity index (χ4v) is 8.58. The van der Waals surface area contributed by atoms with Crippen molar-refractivity contribution in [2.24, 2.45) is 10.9 Å². The number of oxime groups is 1. The summed E-state index contributed by atoms with van der Waals surface area (Å²) < 4.78 is 38.9. The predicted octanol–water partition coefficient (Wildman–Crippen LogP) is 8.26. The number of benzene rings is 2. The van der Waals surface area contributed by atoms with Crippen LogP contribution < -0.4 is 5.73 Å². The Bertz CT molecular complexity index is 2250. The highest BCUT2D eigenvalue weighted by Crippen LogP contribution is 2.31. The molecular weight excluding hydrogens is 945 g/mol. The Balaban J connectivity index is 0.000000238. The third-order valence-corrected chi connectivity index (χ3v) is 12.3. The lowest BCUT2D eigenvalue weighted by atomic mass is 10.0. The molecule has 2 N–H and O–H groups in total. The molecule has 4 aliphatic rings. The van der Waals surface area contributed by atoms with Crippen molar-refractivity contribution in [3.8, 4) is 0 Å². The van der Waals surface area contributed by atoms with Crippen LogP contribution in [0.4, 0.5) is 19.2 Å². The quantitative estimate of drug-likeness (QED) is 0.0557. The molecule has 3 aromatic rings. The number of hydrogen-bond acceptors (Lipinski definition) is 16.